The van der Waals surface area contributed by atoms with Crippen LogP contribution in [-0.2, 0) is 0 Å². The molecule has 182 valence electrons. The van der Waals surface area contributed by atoms with Crippen LogP contribution in [0.1, 0.15) is 21.5 Å². The second kappa shape index (κ2) is 11.3. The van der Waals surface area contributed by atoms with Crippen molar-refractivity contribution in [1.29, 1.82) is 0 Å². The normalized spacial score (nSPS) is 10.8. The zero-order valence-electron chi connectivity index (χ0n) is 20.1. The molecule has 4 aromatic carbocycles. The van der Waals surface area contributed by atoms with Gasteiger partial charge in [0.05, 0.1) is 26.0 Å². The van der Waals surface area contributed by atoms with Gasteiger partial charge in [-0.05, 0) is 71.9 Å². The maximum atomic E-state index is 13.0. The lowest BCUT2D eigenvalue weighted by molar-refractivity contribution is 0.0734. The molecule has 0 heterocycles. The lowest BCUT2D eigenvalue weighted by Gasteiger charge is -2.12. The number of carbonyl (C=O) groups excluding carboxylic acids is 1. The third kappa shape index (κ3) is 5.79. The number of fused-ring (bicyclic) bond motifs is 1. The van der Waals surface area contributed by atoms with Crippen molar-refractivity contribution in [2.45, 2.75) is 6.92 Å². The number of methoxy groups -OCH3 is 2. The van der Waals surface area contributed by atoms with Gasteiger partial charge in [0, 0.05) is 11.3 Å². The molecule has 0 aliphatic rings. The van der Waals surface area contributed by atoms with Gasteiger partial charge in [-0.1, -0.05) is 42.5 Å². The summed E-state index contributed by atoms with van der Waals surface area (Å²) in [6.07, 6.45) is 1.59. The molecule has 0 aliphatic carbocycles. The van der Waals surface area contributed by atoms with Crippen LogP contribution in [0.15, 0.2) is 84.0 Å². The van der Waals surface area contributed by atoms with E-state index in [9.17, 15) is 4.79 Å². The Kier molecular flexibility index (Phi) is 7.77. The average Bonchev–Trinajstić information content (AvgIpc) is 2.89. The fourth-order valence-electron chi connectivity index (χ4n) is 3.66. The van der Waals surface area contributed by atoms with E-state index in [2.05, 4.69) is 15.8 Å². The molecule has 0 aromatic heterocycles. The van der Waals surface area contributed by atoms with Crippen LogP contribution < -0.4 is 25.0 Å². The van der Waals surface area contributed by atoms with E-state index in [0.29, 0.717) is 33.5 Å². The van der Waals surface area contributed by atoms with Crippen LogP contribution in [0.3, 0.4) is 0 Å². The summed E-state index contributed by atoms with van der Waals surface area (Å²) < 4.78 is 16.3. The number of ether oxygens (including phenoxy) is 3. The van der Waals surface area contributed by atoms with Crippen molar-refractivity contribution in [3.8, 4) is 17.2 Å². The molecule has 0 amide bonds. The monoisotopic (exact) mass is 499 g/mol. The zero-order chi connectivity index (χ0) is 25.5. The SMILES string of the molecule is COc1ccc(C(=O)Oc2ccc3ccccc3c2/C=N/NC(=S)Nc2cccc(C)c2)cc1OC. The molecule has 8 heteroatoms. The molecule has 36 heavy (non-hydrogen) atoms. The largest absolute Gasteiger partial charge is 0.493 e. The van der Waals surface area contributed by atoms with Gasteiger partial charge in [0.15, 0.2) is 16.6 Å². The van der Waals surface area contributed by atoms with Crippen LogP contribution in [0.2, 0.25) is 0 Å². The van der Waals surface area contributed by atoms with Gasteiger partial charge in [-0.25, -0.2) is 4.79 Å². The number of hydrogen-bond acceptors (Lipinski definition) is 6. The van der Waals surface area contributed by atoms with Gasteiger partial charge >= 0.3 is 5.97 Å². The van der Waals surface area contributed by atoms with E-state index in [-0.39, 0.29) is 0 Å². The number of nitrogens with zero attached hydrogens (tertiary/aromatic N) is 1. The summed E-state index contributed by atoms with van der Waals surface area (Å²) in [6.45, 7) is 2.01. The standard InChI is InChI=1S/C28H25N3O4S/c1-18-7-6-9-21(15-18)30-28(36)31-29-17-23-22-10-5-4-8-19(22)11-13-24(23)35-27(32)20-12-14-25(33-2)26(16-20)34-3/h4-17H,1-3H3,(H2,30,31,36)/b29-17+. The molecular weight excluding hydrogens is 474 g/mol. The average molecular weight is 500 g/mol. The first kappa shape index (κ1) is 24.7. The van der Waals surface area contributed by atoms with E-state index in [4.69, 9.17) is 26.4 Å². The second-order valence-corrected chi connectivity index (χ2v) is 8.26. The number of rotatable bonds is 7. The molecule has 0 unspecified atom stereocenters. The number of thiocarbonyl (C=S) groups is 1. The Bertz CT molecular complexity index is 1450. The molecule has 0 atom stereocenters. The predicted molar refractivity (Wildman–Crippen MR) is 147 cm³/mol. The Morgan fingerprint density at radius 1 is 0.889 bits per heavy atom. The topological polar surface area (TPSA) is 81.2 Å². The lowest BCUT2D eigenvalue weighted by atomic mass is 10.0. The smallest absolute Gasteiger partial charge is 0.343 e. The maximum absolute atomic E-state index is 13.0. The van der Waals surface area contributed by atoms with Crippen LogP contribution in [-0.4, -0.2) is 31.5 Å². The van der Waals surface area contributed by atoms with Crippen LogP contribution in [0.5, 0.6) is 17.2 Å². The van der Waals surface area contributed by atoms with E-state index in [1.807, 2.05) is 61.5 Å². The number of anilines is 1. The van der Waals surface area contributed by atoms with Crippen molar-refractivity contribution in [1.82, 2.24) is 5.43 Å². The minimum Gasteiger partial charge on any atom is -0.493 e. The van der Waals surface area contributed by atoms with Crippen molar-refractivity contribution in [2.24, 2.45) is 5.10 Å². The molecule has 0 bridgehead atoms. The molecule has 0 radical (unpaired) electrons. The minimum atomic E-state index is -0.537. The van der Waals surface area contributed by atoms with E-state index in [1.165, 1.54) is 14.2 Å². The van der Waals surface area contributed by atoms with Crippen molar-refractivity contribution < 1.29 is 19.0 Å². The van der Waals surface area contributed by atoms with Gasteiger partial charge in [-0.15, -0.1) is 0 Å². The number of hydrogen-bond donors (Lipinski definition) is 2. The molecule has 0 saturated heterocycles. The van der Waals surface area contributed by atoms with Gasteiger partial charge in [0.1, 0.15) is 5.75 Å². The summed E-state index contributed by atoms with van der Waals surface area (Å²) >= 11 is 5.36. The first-order valence-corrected chi connectivity index (χ1v) is 11.5. The summed E-state index contributed by atoms with van der Waals surface area (Å²) in [6, 6.07) is 24.1. The number of hydrazone groups is 1. The maximum Gasteiger partial charge on any atom is 0.343 e. The van der Waals surface area contributed by atoms with Crippen LogP contribution in [0, 0.1) is 6.92 Å². The molecule has 2 N–H and O–H groups in total. The highest BCUT2D eigenvalue weighted by molar-refractivity contribution is 7.80. The Morgan fingerprint density at radius 2 is 1.67 bits per heavy atom. The van der Waals surface area contributed by atoms with Gasteiger partial charge in [0.2, 0.25) is 0 Å². The molecule has 0 spiro atoms. The highest BCUT2D eigenvalue weighted by Gasteiger charge is 2.16. The Balaban J connectivity index is 1.57. The Morgan fingerprint density at radius 3 is 2.44 bits per heavy atom. The molecular formula is C28H25N3O4S. The Hall–Kier alpha value is -4.43. The van der Waals surface area contributed by atoms with E-state index >= 15 is 0 Å². The Labute approximate surface area is 214 Å². The highest BCUT2D eigenvalue weighted by atomic mass is 32.1. The van der Waals surface area contributed by atoms with Gasteiger partial charge in [0.25, 0.3) is 0 Å². The van der Waals surface area contributed by atoms with Gasteiger partial charge in [-0.3, -0.25) is 5.43 Å². The molecule has 0 fully saturated rings. The highest BCUT2D eigenvalue weighted by Crippen LogP contribution is 2.30. The van der Waals surface area contributed by atoms with Crippen molar-refractivity contribution in [3.63, 3.8) is 0 Å². The molecule has 4 rings (SSSR count). The number of esters is 1. The quantitative estimate of drug-likeness (QED) is 0.111. The number of benzene rings is 4. The fourth-order valence-corrected chi connectivity index (χ4v) is 3.83. The molecule has 0 aliphatic heterocycles. The third-order valence-electron chi connectivity index (χ3n) is 5.39. The zero-order valence-corrected chi connectivity index (χ0v) is 20.9. The fraction of sp³-hybridized carbons (Fsp3) is 0.107. The first-order valence-electron chi connectivity index (χ1n) is 11.1. The van der Waals surface area contributed by atoms with E-state index in [1.54, 1.807) is 30.5 Å². The summed E-state index contributed by atoms with van der Waals surface area (Å²) in [4.78, 5) is 13.0. The molecule has 0 saturated carbocycles. The van der Waals surface area contributed by atoms with Crippen LogP contribution in [0.25, 0.3) is 10.8 Å². The van der Waals surface area contributed by atoms with Crippen molar-refractivity contribution in [3.05, 3.63) is 95.6 Å². The summed E-state index contributed by atoms with van der Waals surface area (Å²) in [5.41, 5.74) is 5.75. The lowest BCUT2D eigenvalue weighted by Crippen LogP contribution is -2.23. The summed E-state index contributed by atoms with van der Waals surface area (Å²) in [7, 11) is 3.04. The van der Waals surface area contributed by atoms with Crippen LogP contribution in [0.4, 0.5) is 5.69 Å². The summed E-state index contributed by atoms with van der Waals surface area (Å²) in [5.74, 6) is 0.780. The van der Waals surface area contributed by atoms with Gasteiger partial charge < -0.3 is 19.5 Å². The number of carbonyl (C=O) groups is 1. The van der Waals surface area contributed by atoms with E-state index in [0.717, 1.165) is 22.0 Å². The molecule has 4 aromatic rings. The minimum absolute atomic E-state index is 0.324. The number of nitrogens with one attached hydrogen (secondary N) is 2. The summed E-state index contributed by atoms with van der Waals surface area (Å²) in [5, 5.41) is 9.57. The number of aryl methyl sites for hydroxylation is 1. The van der Waals surface area contributed by atoms with E-state index < -0.39 is 5.97 Å². The second-order valence-electron chi connectivity index (χ2n) is 7.85. The van der Waals surface area contributed by atoms with Gasteiger partial charge in [-0.2, -0.15) is 5.10 Å². The molecule has 7 nitrogen and oxygen atoms in total. The van der Waals surface area contributed by atoms with Crippen molar-refractivity contribution >= 4 is 46.0 Å². The third-order valence-corrected chi connectivity index (χ3v) is 5.58. The van der Waals surface area contributed by atoms with Crippen molar-refractivity contribution in [2.75, 3.05) is 19.5 Å². The van der Waals surface area contributed by atoms with Crippen LogP contribution >= 0.6 is 12.2 Å². The predicted octanol–water partition coefficient (Wildman–Crippen LogP) is 5.71. The first-order chi connectivity index (χ1) is 17.5.